The molecule has 176 valence electrons. The number of nitrogens with one attached hydrogen (secondary N) is 1. The third kappa shape index (κ3) is 3.69. The lowest BCUT2D eigenvalue weighted by Crippen LogP contribution is -2.31. The molecule has 0 saturated heterocycles. The molecular formula is C25H27N5O3S. The Labute approximate surface area is 203 Å². The number of thioether (sulfide) groups is 1. The molecule has 2 aromatic carbocycles. The second kappa shape index (κ2) is 9.06. The average Bonchev–Trinajstić information content (AvgIpc) is 3.05. The van der Waals surface area contributed by atoms with Crippen molar-refractivity contribution in [3.8, 4) is 17.2 Å². The number of hydrogen-bond donors (Lipinski definition) is 2. The van der Waals surface area contributed by atoms with Crippen LogP contribution in [0.4, 0.5) is 17.3 Å². The Morgan fingerprint density at radius 1 is 1.03 bits per heavy atom. The zero-order chi connectivity index (χ0) is 23.8. The van der Waals surface area contributed by atoms with Gasteiger partial charge in [0.1, 0.15) is 5.69 Å². The minimum Gasteiger partial charge on any atom is -0.493 e. The predicted molar refractivity (Wildman–Crippen MR) is 135 cm³/mol. The first-order valence-electron chi connectivity index (χ1n) is 11.0. The van der Waals surface area contributed by atoms with E-state index in [0.29, 0.717) is 39.7 Å². The molecule has 0 amide bonds. The molecule has 0 bridgehead atoms. The van der Waals surface area contributed by atoms with Gasteiger partial charge in [-0.25, -0.2) is 15.0 Å². The molecule has 0 radical (unpaired) electrons. The lowest BCUT2D eigenvalue weighted by atomic mass is 9.76. The average molecular weight is 478 g/mol. The SMILES string of the molecule is COc1cc(C2Nc3nc(SC)nc(N)c3N=C3c4ccccc4CCC32)cc(OC)c1OC. The van der Waals surface area contributed by atoms with E-state index >= 15 is 0 Å². The van der Waals surface area contributed by atoms with Crippen molar-refractivity contribution in [1.29, 1.82) is 0 Å². The van der Waals surface area contributed by atoms with Crippen LogP contribution >= 0.6 is 11.8 Å². The van der Waals surface area contributed by atoms with Gasteiger partial charge in [-0.1, -0.05) is 36.0 Å². The van der Waals surface area contributed by atoms with Gasteiger partial charge in [-0.15, -0.1) is 0 Å². The molecule has 9 heteroatoms. The number of aliphatic imine (C=N–C) groups is 1. The second-order valence-corrected chi connectivity index (χ2v) is 8.95. The normalized spacial score (nSPS) is 18.4. The summed E-state index contributed by atoms with van der Waals surface area (Å²) < 4.78 is 16.8. The molecular weight excluding hydrogens is 450 g/mol. The predicted octanol–water partition coefficient (Wildman–Crippen LogP) is 4.66. The van der Waals surface area contributed by atoms with Crippen LogP contribution in [0.25, 0.3) is 0 Å². The quantitative estimate of drug-likeness (QED) is 0.404. The number of nitrogen functional groups attached to an aromatic ring is 1. The van der Waals surface area contributed by atoms with Gasteiger partial charge in [0.05, 0.1) is 33.1 Å². The summed E-state index contributed by atoms with van der Waals surface area (Å²) in [4.78, 5) is 14.2. The van der Waals surface area contributed by atoms with Crippen LogP contribution in [0.2, 0.25) is 0 Å². The summed E-state index contributed by atoms with van der Waals surface area (Å²) in [5, 5.41) is 4.25. The topological polar surface area (TPSA) is 104 Å². The smallest absolute Gasteiger partial charge is 0.203 e. The zero-order valence-corrected chi connectivity index (χ0v) is 20.4. The highest BCUT2D eigenvalue weighted by Crippen LogP contribution is 2.47. The fourth-order valence-electron chi connectivity index (χ4n) is 4.82. The Kier molecular flexibility index (Phi) is 5.95. The van der Waals surface area contributed by atoms with E-state index in [2.05, 4.69) is 28.5 Å². The molecule has 3 aromatic rings. The van der Waals surface area contributed by atoms with Gasteiger partial charge in [0.15, 0.2) is 28.3 Å². The van der Waals surface area contributed by atoms with Crippen LogP contribution in [-0.4, -0.2) is 43.3 Å². The van der Waals surface area contributed by atoms with Crippen LogP contribution in [0, 0.1) is 5.92 Å². The van der Waals surface area contributed by atoms with Crippen molar-refractivity contribution in [3.05, 3.63) is 53.1 Å². The number of methoxy groups -OCH3 is 3. The fraction of sp³-hybridized carbons (Fsp3) is 0.320. The summed E-state index contributed by atoms with van der Waals surface area (Å²) >= 11 is 1.44. The van der Waals surface area contributed by atoms with Gasteiger partial charge in [-0.2, -0.15) is 0 Å². The molecule has 1 aliphatic carbocycles. The van der Waals surface area contributed by atoms with Crippen molar-refractivity contribution < 1.29 is 14.2 Å². The Morgan fingerprint density at radius 2 is 1.76 bits per heavy atom. The van der Waals surface area contributed by atoms with E-state index in [0.717, 1.165) is 29.7 Å². The molecule has 2 unspecified atom stereocenters. The zero-order valence-electron chi connectivity index (χ0n) is 19.6. The van der Waals surface area contributed by atoms with Crippen molar-refractivity contribution in [2.75, 3.05) is 38.6 Å². The third-order valence-electron chi connectivity index (χ3n) is 6.42. The standard InChI is InChI=1S/C25H27N5O3S/c1-31-17-11-14(12-18(32-2)22(17)33-3)19-16-10-9-13-7-5-6-8-15(13)20(16)27-21-23(26)29-25(34-4)30-24(21)28-19/h5-8,11-12,16,19H,9-10H2,1-4H3,(H3,26,28,29,30). The molecule has 1 aromatic heterocycles. The number of rotatable bonds is 5. The molecule has 0 spiro atoms. The van der Waals surface area contributed by atoms with Crippen LogP contribution in [0.1, 0.15) is 29.2 Å². The van der Waals surface area contributed by atoms with E-state index in [4.69, 9.17) is 29.9 Å². The van der Waals surface area contributed by atoms with Gasteiger partial charge < -0.3 is 25.3 Å². The highest BCUT2D eigenvalue weighted by molar-refractivity contribution is 7.98. The van der Waals surface area contributed by atoms with Gasteiger partial charge in [-0.3, -0.25) is 0 Å². The van der Waals surface area contributed by atoms with E-state index in [1.54, 1.807) is 21.3 Å². The summed E-state index contributed by atoms with van der Waals surface area (Å²) in [5.74, 6) is 2.82. The van der Waals surface area contributed by atoms with Gasteiger partial charge in [0.2, 0.25) is 5.75 Å². The number of aryl methyl sites for hydroxylation is 1. The number of benzene rings is 2. The van der Waals surface area contributed by atoms with Crippen LogP contribution in [0.3, 0.4) is 0 Å². The number of fused-ring (bicyclic) bond motifs is 4. The number of hydrogen-bond acceptors (Lipinski definition) is 9. The second-order valence-electron chi connectivity index (χ2n) is 8.17. The largest absolute Gasteiger partial charge is 0.493 e. The molecule has 2 atom stereocenters. The minimum atomic E-state index is -0.147. The van der Waals surface area contributed by atoms with E-state index in [1.807, 2.05) is 24.5 Å². The molecule has 2 aliphatic rings. The van der Waals surface area contributed by atoms with Crippen molar-refractivity contribution in [2.24, 2.45) is 10.9 Å². The van der Waals surface area contributed by atoms with Crippen LogP contribution < -0.4 is 25.3 Å². The van der Waals surface area contributed by atoms with E-state index < -0.39 is 0 Å². The van der Waals surface area contributed by atoms with Gasteiger partial charge in [0, 0.05) is 5.92 Å². The highest BCUT2D eigenvalue weighted by atomic mass is 32.2. The summed E-state index contributed by atoms with van der Waals surface area (Å²) in [6, 6.07) is 12.2. The van der Waals surface area contributed by atoms with Gasteiger partial charge in [-0.05, 0) is 47.9 Å². The first kappa shape index (κ1) is 22.3. The molecule has 0 fully saturated rings. The molecule has 0 saturated carbocycles. The maximum atomic E-state index is 6.37. The Morgan fingerprint density at radius 3 is 2.44 bits per heavy atom. The lowest BCUT2D eigenvalue weighted by molar-refractivity contribution is 0.323. The summed E-state index contributed by atoms with van der Waals surface area (Å²) in [6.45, 7) is 0. The maximum Gasteiger partial charge on any atom is 0.203 e. The summed E-state index contributed by atoms with van der Waals surface area (Å²) in [7, 11) is 4.85. The van der Waals surface area contributed by atoms with E-state index in [1.165, 1.54) is 17.3 Å². The monoisotopic (exact) mass is 477 g/mol. The van der Waals surface area contributed by atoms with Crippen molar-refractivity contribution in [2.45, 2.75) is 24.0 Å². The molecule has 2 heterocycles. The van der Waals surface area contributed by atoms with Crippen LogP contribution in [0.5, 0.6) is 17.2 Å². The number of ether oxygens (including phenoxy) is 3. The fourth-order valence-corrected chi connectivity index (χ4v) is 5.19. The first-order chi connectivity index (χ1) is 16.6. The minimum absolute atomic E-state index is 0.0732. The molecule has 8 nitrogen and oxygen atoms in total. The van der Waals surface area contributed by atoms with E-state index in [9.17, 15) is 0 Å². The lowest BCUT2D eigenvalue weighted by Gasteiger charge is -2.33. The number of nitrogens with zero attached hydrogens (tertiary/aromatic N) is 3. The Hall–Kier alpha value is -3.46. The third-order valence-corrected chi connectivity index (χ3v) is 6.96. The van der Waals surface area contributed by atoms with Gasteiger partial charge in [0.25, 0.3) is 0 Å². The van der Waals surface area contributed by atoms with E-state index in [-0.39, 0.29) is 12.0 Å². The summed E-state index contributed by atoms with van der Waals surface area (Å²) in [5.41, 5.74) is 11.3. The maximum absolute atomic E-state index is 6.37. The molecule has 1 aliphatic heterocycles. The van der Waals surface area contributed by atoms with Crippen molar-refractivity contribution in [3.63, 3.8) is 0 Å². The number of nitrogens with two attached hydrogens (primary N) is 1. The highest BCUT2D eigenvalue weighted by Gasteiger charge is 2.37. The van der Waals surface area contributed by atoms with Gasteiger partial charge >= 0.3 is 0 Å². The van der Waals surface area contributed by atoms with Crippen molar-refractivity contribution in [1.82, 2.24) is 9.97 Å². The number of anilines is 2. The van der Waals surface area contributed by atoms with Crippen molar-refractivity contribution >= 4 is 34.8 Å². The summed E-state index contributed by atoms with van der Waals surface area (Å²) in [6.07, 6.45) is 3.80. The molecule has 3 N–H and O–H groups in total. The van der Waals surface area contributed by atoms with Crippen LogP contribution in [0.15, 0.2) is 46.5 Å². The number of aromatic nitrogens is 2. The Bertz CT molecular complexity index is 1250. The molecule has 5 rings (SSSR count). The first-order valence-corrected chi connectivity index (χ1v) is 12.2. The Balaban J connectivity index is 1.74. The molecule has 34 heavy (non-hydrogen) atoms. The van der Waals surface area contributed by atoms with Crippen LogP contribution in [-0.2, 0) is 6.42 Å².